The van der Waals surface area contributed by atoms with Gasteiger partial charge in [-0.05, 0) is 54.3 Å². The summed E-state index contributed by atoms with van der Waals surface area (Å²) in [6.07, 6.45) is 9.92. The molecule has 0 aromatic carbocycles. The predicted molar refractivity (Wildman–Crippen MR) is 61.0 cm³/mol. The summed E-state index contributed by atoms with van der Waals surface area (Å²) in [5.41, 5.74) is 6.37. The van der Waals surface area contributed by atoms with Crippen LogP contribution in [0.3, 0.4) is 0 Å². The average Bonchev–Trinajstić information content (AvgIpc) is 2.94. The van der Waals surface area contributed by atoms with Crippen molar-refractivity contribution in [3.8, 4) is 0 Å². The van der Waals surface area contributed by atoms with Crippen molar-refractivity contribution in [2.75, 3.05) is 0 Å². The van der Waals surface area contributed by atoms with Crippen molar-refractivity contribution in [1.82, 2.24) is 0 Å². The second-order valence-corrected chi connectivity index (χ2v) is 6.06. The number of rotatable bonds is 1. The Balaban J connectivity index is 1.76. The van der Waals surface area contributed by atoms with Crippen LogP contribution in [0.15, 0.2) is 24.8 Å². The summed E-state index contributed by atoms with van der Waals surface area (Å²) in [6, 6.07) is 0.418. The smallest absolute Gasteiger partial charge is 0.0136 e. The molecular formula is C14H19N. The summed E-state index contributed by atoms with van der Waals surface area (Å²) >= 11 is 0. The molecule has 0 aliphatic heterocycles. The number of hydrogen-bond donors (Lipinski definition) is 1. The molecule has 4 bridgehead atoms. The van der Waals surface area contributed by atoms with Crippen LogP contribution >= 0.6 is 0 Å². The number of nitrogens with two attached hydrogens (primary N) is 1. The minimum atomic E-state index is 0.418. The largest absolute Gasteiger partial charge is 0.327 e. The molecule has 3 fully saturated rings. The maximum absolute atomic E-state index is 6.37. The average molecular weight is 201 g/mol. The van der Waals surface area contributed by atoms with Crippen molar-refractivity contribution in [3.05, 3.63) is 24.8 Å². The van der Waals surface area contributed by atoms with Crippen LogP contribution in [0.2, 0.25) is 0 Å². The van der Waals surface area contributed by atoms with Crippen molar-refractivity contribution in [3.63, 3.8) is 0 Å². The van der Waals surface area contributed by atoms with Crippen molar-refractivity contribution in [1.29, 1.82) is 0 Å². The minimum absolute atomic E-state index is 0.418. The van der Waals surface area contributed by atoms with E-state index in [0.717, 1.165) is 35.5 Å². The third-order valence-electron chi connectivity index (χ3n) is 5.82. The van der Waals surface area contributed by atoms with Crippen LogP contribution < -0.4 is 5.73 Å². The van der Waals surface area contributed by atoms with Gasteiger partial charge < -0.3 is 5.73 Å². The highest BCUT2D eigenvalue weighted by atomic mass is 14.8. The van der Waals surface area contributed by atoms with Crippen molar-refractivity contribution in [2.24, 2.45) is 47.2 Å². The molecule has 80 valence electrons. The molecule has 4 aliphatic carbocycles. The molecule has 4 rings (SSSR count). The fraction of sp³-hybridized carbons (Fsp3) is 0.714. The van der Waals surface area contributed by atoms with Gasteiger partial charge in [-0.2, -0.15) is 0 Å². The van der Waals surface area contributed by atoms with E-state index in [2.05, 4.69) is 24.8 Å². The van der Waals surface area contributed by atoms with Crippen LogP contribution in [0, 0.1) is 41.4 Å². The molecule has 2 N–H and O–H groups in total. The van der Waals surface area contributed by atoms with Crippen molar-refractivity contribution in [2.45, 2.75) is 18.9 Å². The highest BCUT2D eigenvalue weighted by Gasteiger charge is 2.63. The van der Waals surface area contributed by atoms with Crippen molar-refractivity contribution < 1.29 is 0 Å². The van der Waals surface area contributed by atoms with E-state index >= 15 is 0 Å². The van der Waals surface area contributed by atoms with Crippen LogP contribution in [0.4, 0.5) is 0 Å². The van der Waals surface area contributed by atoms with Gasteiger partial charge in [-0.3, -0.25) is 0 Å². The summed E-state index contributed by atoms with van der Waals surface area (Å²) < 4.78 is 0. The maximum atomic E-state index is 6.37. The summed E-state index contributed by atoms with van der Waals surface area (Å²) in [5, 5.41) is 0. The summed E-state index contributed by atoms with van der Waals surface area (Å²) in [7, 11) is 0. The van der Waals surface area contributed by atoms with E-state index in [0.29, 0.717) is 12.0 Å². The Hall–Kier alpha value is -0.560. The summed E-state index contributed by atoms with van der Waals surface area (Å²) in [6.45, 7) is 3.99. The molecule has 0 spiro atoms. The Morgan fingerprint density at radius 2 is 1.73 bits per heavy atom. The molecule has 3 saturated carbocycles. The van der Waals surface area contributed by atoms with Gasteiger partial charge in [0.1, 0.15) is 0 Å². The highest BCUT2D eigenvalue weighted by molar-refractivity contribution is 5.24. The topological polar surface area (TPSA) is 26.0 Å². The molecule has 0 aromatic rings. The predicted octanol–water partition coefficient (Wildman–Crippen LogP) is 2.20. The number of allylic oxidation sites excluding steroid dienone is 2. The molecule has 0 amide bonds. The second kappa shape index (κ2) is 2.57. The first kappa shape index (κ1) is 8.58. The summed E-state index contributed by atoms with van der Waals surface area (Å²) in [5.74, 6) is 5.97. The van der Waals surface area contributed by atoms with E-state index in [4.69, 9.17) is 5.73 Å². The Kier molecular flexibility index (Phi) is 1.47. The van der Waals surface area contributed by atoms with Gasteiger partial charge in [-0.15, -0.1) is 6.58 Å². The first-order chi connectivity index (χ1) is 7.31. The molecule has 1 heteroatoms. The standard InChI is InChI=1S/C14H19N/c1-2-9-10-6-11(14(9)15)13-8-4-3-7(5-8)12(10)13/h2-4,7-14H,1,5-6,15H2. The zero-order valence-electron chi connectivity index (χ0n) is 9.05. The number of fused-ring (bicyclic) bond motifs is 9. The van der Waals surface area contributed by atoms with Gasteiger partial charge in [0.05, 0.1) is 0 Å². The molecule has 1 nitrogen and oxygen atoms in total. The summed E-state index contributed by atoms with van der Waals surface area (Å²) in [4.78, 5) is 0. The fourth-order valence-electron chi connectivity index (χ4n) is 5.46. The van der Waals surface area contributed by atoms with E-state index in [9.17, 15) is 0 Å². The molecule has 0 heterocycles. The van der Waals surface area contributed by atoms with Gasteiger partial charge in [0.15, 0.2) is 0 Å². The minimum Gasteiger partial charge on any atom is -0.327 e. The van der Waals surface area contributed by atoms with Gasteiger partial charge in [-0.1, -0.05) is 18.2 Å². The quantitative estimate of drug-likeness (QED) is 0.511. The molecule has 0 radical (unpaired) electrons. The second-order valence-electron chi connectivity index (χ2n) is 6.06. The molecule has 0 aromatic heterocycles. The Bertz CT molecular complexity index is 345. The van der Waals surface area contributed by atoms with E-state index in [-0.39, 0.29) is 0 Å². The molecule has 15 heavy (non-hydrogen) atoms. The van der Waals surface area contributed by atoms with Gasteiger partial charge >= 0.3 is 0 Å². The lowest BCUT2D eigenvalue weighted by molar-refractivity contribution is 0.152. The first-order valence-electron chi connectivity index (χ1n) is 6.37. The Morgan fingerprint density at radius 1 is 1.07 bits per heavy atom. The molecule has 4 aliphatic rings. The molecule has 0 saturated heterocycles. The van der Waals surface area contributed by atoms with Crippen LogP contribution in [0.5, 0.6) is 0 Å². The van der Waals surface area contributed by atoms with E-state index in [1.165, 1.54) is 12.8 Å². The van der Waals surface area contributed by atoms with Crippen molar-refractivity contribution >= 4 is 0 Å². The van der Waals surface area contributed by atoms with Gasteiger partial charge in [-0.25, -0.2) is 0 Å². The molecular weight excluding hydrogens is 182 g/mol. The molecule has 8 unspecified atom stereocenters. The lowest BCUT2D eigenvalue weighted by atomic mass is 9.67. The Morgan fingerprint density at radius 3 is 2.40 bits per heavy atom. The molecule has 8 atom stereocenters. The van der Waals surface area contributed by atoms with Crippen LogP contribution in [0.1, 0.15) is 12.8 Å². The third kappa shape index (κ3) is 0.816. The van der Waals surface area contributed by atoms with Gasteiger partial charge in [0.2, 0.25) is 0 Å². The van der Waals surface area contributed by atoms with Gasteiger partial charge in [0.25, 0.3) is 0 Å². The first-order valence-corrected chi connectivity index (χ1v) is 6.37. The number of hydrogen-bond acceptors (Lipinski definition) is 1. The lowest BCUT2D eigenvalue weighted by Crippen LogP contribution is -2.44. The van der Waals surface area contributed by atoms with Crippen LogP contribution in [0.25, 0.3) is 0 Å². The van der Waals surface area contributed by atoms with E-state index in [1.54, 1.807) is 0 Å². The van der Waals surface area contributed by atoms with Crippen LogP contribution in [-0.4, -0.2) is 6.04 Å². The third-order valence-corrected chi connectivity index (χ3v) is 5.82. The lowest BCUT2D eigenvalue weighted by Gasteiger charge is -2.39. The highest BCUT2D eigenvalue weighted by Crippen LogP contribution is 2.66. The van der Waals surface area contributed by atoms with Gasteiger partial charge in [0, 0.05) is 6.04 Å². The monoisotopic (exact) mass is 201 g/mol. The Labute approximate surface area is 91.4 Å². The zero-order valence-corrected chi connectivity index (χ0v) is 9.05. The van der Waals surface area contributed by atoms with E-state index < -0.39 is 0 Å². The SMILES string of the molecule is C=CC1C(N)C2CC1C1C3C=CC(C3)C21. The normalized spacial score (nSPS) is 63.8. The zero-order chi connectivity index (χ0) is 10.2. The maximum Gasteiger partial charge on any atom is 0.0136 e. The van der Waals surface area contributed by atoms with Crippen LogP contribution in [-0.2, 0) is 0 Å². The fourth-order valence-corrected chi connectivity index (χ4v) is 5.46. The van der Waals surface area contributed by atoms with E-state index in [1.807, 2.05) is 0 Å².